The maximum absolute atomic E-state index is 12.7. The van der Waals surface area contributed by atoms with Crippen LogP contribution >= 0.6 is 0 Å². The number of likely N-dealkylation sites (tertiary alicyclic amines) is 1. The lowest BCUT2D eigenvalue weighted by molar-refractivity contribution is -0.185. The Balaban J connectivity index is 1.88. The van der Waals surface area contributed by atoms with Crippen LogP contribution in [0.3, 0.4) is 0 Å². The standard InChI is InChI=1S/C17H25F3N2/c1-13(16(21-2)14-6-4-3-5-7-14)12-22-10-8-15(9-11-22)17(18,19)20/h3-7,13,15-16,21H,8-12H2,1-2H3/t13-,16+/m0/s1. The summed E-state index contributed by atoms with van der Waals surface area (Å²) in [7, 11) is 1.93. The Morgan fingerprint density at radius 2 is 1.77 bits per heavy atom. The van der Waals surface area contributed by atoms with E-state index in [1.165, 1.54) is 5.56 Å². The lowest BCUT2D eigenvalue weighted by Gasteiger charge is -2.36. The smallest absolute Gasteiger partial charge is 0.313 e. The summed E-state index contributed by atoms with van der Waals surface area (Å²) in [6, 6.07) is 10.4. The van der Waals surface area contributed by atoms with Gasteiger partial charge in [-0.1, -0.05) is 37.3 Å². The lowest BCUT2D eigenvalue weighted by atomic mass is 9.91. The number of rotatable bonds is 5. The van der Waals surface area contributed by atoms with Crippen LogP contribution in [0.4, 0.5) is 13.2 Å². The summed E-state index contributed by atoms with van der Waals surface area (Å²) < 4.78 is 38.1. The summed E-state index contributed by atoms with van der Waals surface area (Å²) in [6.45, 7) is 4.06. The SMILES string of the molecule is CN[C@@H](c1ccccc1)[C@@H](C)CN1CCC(C(F)(F)F)CC1. The van der Waals surface area contributed by atoms with Gasteiger partial charge in [-0.15, -0.1) is 0 Å². The molecule has 1 N–H and O–H groups in total. The molecule has 0 radical (unpaired) electrons. The van der Waals surface area contributed by atoms with Crippen molar-refractivity contribution in [1.82, 2.24) is 10.2 Å². The molecule has 2 nitrogen and oxygen atoms in total. The van der Waals surface area contributed by atoms with Gasteiger partial charge in [0.15, 0.2) is 0 Å². The van der Waals surface area contributed by atoms with E-state index < -0.39 is 12.1 Å². The van der Waals surface area contributed by atoms with Crippen LogP contribution in [-0.2, 0) is 0 Å². The molecule has 0 amide bonds. The fraction of sp³-hybridized carbons (Fsp3) is 0.647. The van der Waals surface area contributed by atoms with E-state index in [0.29, 0.717) is 19.0 Å². The molecular formula is C17H25F3N2. The Morgan fingerprint density at radius 1 is 1.18 bits per heavy atom. The van der Waals surface area contributed by atoms with Crippen LogP contribution in [0, 0.1) is 11.8 Å². The van der Waals surface area contributed by atoms with Gasteiger partial charge in [0.05, 0.1) is 5.92 Å². The number of halogens is 3. The molecule has 1 aromatic carbocycles. The first kappa shape index (κ1) is 17.3. The van der Waals surface area contributed by atoms with Crippen LogP contribution in [0.1, 0.15) is 31.4 Å². The third-order valence-corrected chi connectivity index (χ3v) is 4.64. The molecule has 1 fully saturated rings. The maximum Gasteiger partial charge on any atom is 0.391 e. The molecule has 124 valence electrons. The van der Waals surface area contributed by atoms with E-state index in [0.717, 1.165) is 6.54 Å². The minimum atomic E-state index is -4.03. The fourth-order valence-electron chi connectivity index (χ4n) is 3.40. The predicted molar refractivity (Wildman–Crippen MR) is 82.6 cm³/mol. The number of hydrogen-bond donors (Lipinski definition) is 1. The molecule has 0 aliphatic carbocycles. The molecule has 0 unspecified atom stereocenters. The monoisotopic (exact) mass is 314 g/mol. The summed E-state index contributed by atoms with van der Waals surface area (Å²) in [4.78, 5) is 2.17. The predicted octanol–water partition coefficient (Wildman–Crippen LogP) is 3.86. The summed E-state index contributed by atoms with van der Waals surface area (Å²) in [5.41, 5.74) is 1.22. The van der Waals surface area contributed by atoms with E-state index in [9.17, 15) is 13.2 Å². The largest absolute Gasteiger partial charge is 0.391 e. The van der Waals surface area contributed by atoms with Crippen molar-refractivity contribution in [2.75, 3.05) is 26.7 Å². The molecule has 2 rings (SSSR count). The molecule has 0 aromatic heterocycles. The minimum Gasteiger partial charge on any atom is -0.313 e. The summed E-state index contributed by atoms with van der Waals surface area (Å²) in [5, 5.41) is 3.33. The van der Waals surface area contributed by atoms with Crippen molar-refractivity contribution in [3.05, 3.63) is 35.9 Å². The zero-order valence-corrected chi connectivity index (χ0v) is 13.2. The highest BCUT2D eigenvalue weighted by molar-refractivity contribution is 5.19. The van der Waals surface area contributed by atoms with Gasteiger partial charge in [0.2, 0.25) is 0 Å². The third-order valence-electron chi connectivity index (χ3n) is 4.64. The highest BCUT2D eigenvalue weighted by atomic mass is 19.4. The Hall–Kier alpha value is -1.07. The van der Waals surface area contributed by atoms with Crippen molar-refractivity contribution < 1.29 is 13.2 Å². The van der Waals surface area contributed by atoms with Crippen molar-refractivity contribution >= 4 is 0 Å². The van der Waals surface area contributed by atoms with Crippen LogP contribution in [0.25, 0.3) is 0 Å². The van der Waals surface area contributed by atoms with Gasteiger partial charge >= 0.3 is 6.18 Å². The molecule has 1 aliphatic heterocycles. The topological polar surface area (TPSA) is 15.3 Å². The van der Waals surface area contributed by atoms with Crippen LogP contribution in [0.15, 0.2) is 30.3 Å². The van der Waals surface area contributed by atoms with Gasteiger partial charge in [-0.3, -0.25) is 0 Å². The third kappa shape index (κ3) is 4.46. The number of benzene rings is 1. The van der Waals surface area contributed by atoms with Crippen molar-refractivity contribution in [1.29, 1.82) is 0 Å². The van der Waals surface area contributed by atoms with Crippen LogP contribution in [-0.4, -0.2) is 37.8 Å². The van der Waals surface area contributed by atoms with Crippen molar-refractivity contribution in [3.63, 3.8) is 0 Å². The molecule has 5 heteroatoms. The highest BCUT2D eigenvalue weighted by Gasteiger charge is 2.41. The van der Waals surface area contributed by atoms with Gasteiger partial charge in [-0.25, -0.2) is 0 Å². The van der Waals surface area contributed by atoms with Gasteiger partial charge in [0, 0.05) is 12.6 Å². The van der Waals surface area contributed by atoms with E-state index in [1.807, 2.05) is 25.2 Å². The fourth-order valence-corrected chi connectivity index (χ4v) is 3.40. The zero-order chi connectivity index (χ0) is 16.2. The Bertz CT molecular complexity index is 439. The molecule has 1 aromatic rings. The molecule has 1 aliphatic rings. The van der Waals surface area contributed by atoms with Gasteiger partial charge in [-0.05, 0) is 44.5 Å². The quantitative estimate of drug-likeness (QED) is 0.888. The summed E-state index contributed by atoms with van der Waals surface area (Å²) in [6.07, 6.45) is -3.58. The molecular weight excluding hydrogens is 289 g/mol. The first-order chi connectivity index (χ1) is 10.4. The van der Waals surface area contributed by atoms with Crippen molar-refractivity contribution in [2.24, 2.45) is 11.8 Å². The number of hydrogen-bond acceptors (Lipinski definition) is 2. The highest BCUT2D eigenvalue weighted by Crippen LogP contribution is 2.34. The minimum absolute atomic E-state index is 0.224. The Labute approximate surface area is 130 Å². The summed E-state index contributed by atoms with van der Waals surface area (Å²) in [5.74, 6) is -0.775. The lowest BCUT2D eigenvalue weighted by Crippen LogP contribution is -2.42. The summed E-state index contributed by atoms with van der Waals surface area (Å²) >= 11 is 0. The number of alkyl halides is 3. The van der Waals surface area contributed by atoms with Crippen molar-refractivity contribution in [2.45, 2.75) is 32.0 Å². The first-order valence-corrected chi connectivity index (χ1v) is 7.93. The second kappa shape index (κ2) is 7.47. The molecule has 22 heavy (non-hydrogen) atoms. The van der Waals surface area contributed by atoms with Crippen LogP contribution in [0.5, 0.6) is 0 Å². The maximum atomic E-state index is 12.7. The number of piperidine rings is 1. The second-order valence-corrected chi connectivity index (χ2v) is 6.27. The van der Waals surface area contributed by atoms with Gasteiger partial charge < -0.3 is 10.2 Å². The van der Waals surface area contributed by atoms with E-state index in [2.05, 4.69) is 29.3 Å². The molecule has 2 atom stereocenters. The molecule has 1 heterocycles. The molecule has 1 saturated heterocycles. The first-order valence-electron chi connectivity index (χ1n) is 7.93. The second-order valence-electron chi connectivity index (χ2n) is 6.27. The van der Waals surface area contributed by atoms with E-state index >= 15 is 0 Å². The Morgan fingerprint density at radius 3 is 2.27 bits per heavy atom. The van der Waals surface area contributed by atoms with E-state index in [1.54, 1.807) is 0 Å². The zero-order valence-electron chi connectivity index (χ0n) is 13.2. The van der Waals surface area contributed by atoms with Crippen LogP contribution in [0.2, 0.25) is 0 Å². The van der Waals surface area contributed by atoms with Gasteiger partial charge in [0.1, 0.15) is 0 Å². The normalized spacial score (nSPS) is 20.8. The Kier molecular flexibility index (Phi) is 5.87. The molecule has 0 bridgehead atoms. The van der Waals surface area contributed by atoms with Crippen LogP contribution < -0.4 is 5.32 Å². The average Bonchev–Trinajstić information content (AvgIpc) is 2.48. The van der Waals surface area contributed by atoms with Crippen molar-refractivity contribution in [3.8, 4) is 0 Å². The van der Waals surface area contributed by atoms with Gasteiger partial charge in [0.25, 0.3) is 0 Å². The number of nitrogens with one attached hydrogen (secondary N) is 1. The molecule has 0 saturated carbocycles. The van der Waals surface area contributed by atoms with Gasteiger partial charge in [-0.2, -0.15) is 13.2 Å². The van der Waals surface area contributed by atoms with E-state index in [4.69, 9.17) is 0 Å². The number of nitrogens with zero attached hydrogens (tertiary/aromatic N) is 1. The average molecular weight is 314 g/mol. The molecule has 0 spiro atoms. The van der Waals surface area contributed by atoms with E-state index in [-0.39, 0.29) is 18.9 Å².